The SMILES string of the molecule is COc1cnn(C(C)C)c1C(N)CSc1ccc(C)cc1. The van der Waals surface area contributed by atoms with E-state index in [1.54, 1.807) is 25.1 Å². The minimum absolute atomic E-state index is 0.115. The number of ether oxygens (including phenoxy) is 1. The van der Waals surface area contributed by atoms with Crippen molar-refractivity contribution >= 4 is 11.8 Å². The minimum atomic E-state index is -0.115. The van der Waals surface area contributed by atoms with Gasteiger partial charge in [0.15, 0.2) is 5.75 Å². The van der Waals surface area contributed by atoms with Crippen LogP contribution in [0.2, 0.25) is 0 Å². The van der Waals surface area contributed by atoms with Crippen LogP contribution >= 0.6 is 11.8 Å². The summed E-state index contributed by atoms with van der Waals surface area (Å²) in [5, 5.41) is 4.38. The molecule has 1 aromatic heterocycles. The third-order valence-corrected chi connectivity index (χ3v) is 4.44. The predicted molar refractivity (Wildman–Crippen MR) is 88.0 cm³/mol. The molecule has 0 amide bonds. The van der Waals surface area contributed by atoms with Crippen LogP contribution < -0.4 is 10.5 Å². The van der Waals surface area contributed by atoms with Crippen molar-refractivity contribution in [3.63, 3.8) is 0 Å². The first kappa shape index (κ1) is 15.9. The lowest BCUT2D eigenvalue weighted by Crippen LogP contribution is -2.20. The van der Waals surface area contributed by atoms with Crippen LogP contribution in [0.15, 0.2) is 35.4 Å². The molecule has 0 radical (unpaired) electrons. The molecule has 1 unspecified atom stereocenters. The van der Waals surface area contributed by atoms with Gasteiger partial charge < -0.3 is 10.5 Å². The Kier molecular flexibility index (Phi) is 5.31. The molecule has 0 bridgehead atoms. The number of methoxy groups -OCH3 is 1. The zero-order valence-electron chi connectivity index (χ0n) is 13.0. The molecule has 1 aromatic carbocycles. The highest BCUT2D eigenvalue weighted by atomic mass is 32.2. The lowest BCUT2D eigenvalue weighted by Gasteiger charge is -2.17. The maximum atomic E-state index is 6.37. The topological polar surface area (TPSA) is 53.1 Å². The van der Waals surface area contributed by atoms with E-state index in [4.69, 9.17) is 10.5 Å². The maximum absolute atomic E-state index is 6.37. The molecule has 0 saturated carbocycles. The van der Waals surface area contributed by atoms with E-state index < -0.39 is 0 Å². The first-order chi connectivity index (χ1) is 10.0. The monoisotopic (exact) mass is 305 g/mol. The number of nitrogens with zero attached hydrogens (tertiary/aromatic N) is 2. The van der Waals surface area contributed by atoms with Gasteiger partial charge in [-0.1, -0.05) is 17.7 Å². The second-order valence-electron chi connectivity index (χ2n) is 5.37. The molecular weight excluding hydrogens is 282 g/mol. The highest BCUT2D eigenvalue weighted by molar-refractivity contribution is 7.99. The second-order valence-corrected chi connectivity index (χ2v) is 6.46. The second kappa shape index (κ2) is 7.00. The molecule has 2 rings (SSSR count). The average Bonchev–Trinajstić information content (AvgIpc) is 2.90. The zero-order valence-corrected chi connectivity index (χ0v) is 13.9. The van der Waals surface area contributed by atoms with Gasteiger partial charge in [0.25, 0.3) is 0 Å². The number of hydrogen-bond donors (Lipinski definition) is 1. The molecule has 21 heavy (non-hydrogen) atoms. The molecule has 4 nitrogen and oxygen atoms in total. The number of benzene rings is 1. The van der Waals surface area contributed by atoms with Crippen LogP contribution in [-0.4, -0.2) is 22.6 Å². The van der Waals surface area contributed by atoms with Crippen molar-refractivity contribution in [3.05, 3.63) is 41.7 Å². The van der Waals surface area contributed by atoms with Crippen molar-refractivity contribution in [2.75, 3.05) is 12.9 Å². The van der Waals surface area contributed by atoms with E-state index >= 15 is 0 Å². The Bertz CT molecular complexity index is 578. The van der Waals surface area contributed by atoms with Crippen LogP contribution in [-0.2, 0) is 0 Å². The normalized spacial score (nSPS) is 12.7. The molecule has 2 aromatic rings. The molecule has 1 heterocycles. The Balaban J connectivity index is 2.11. The van der Waals surface area contributed by atoms with Crippen LogP contribution in [0.5, 0.6) is 5.75 Å². The fourth-order valence-corrected chi connectivity index (χ4v) is 3.04. The smallest absolute Gasteiger partial charge is 0.161 e. The molecule has 1 atom stereocenters. The molecule has 0 aliphatic carbocycles. The van der Waals surface area contributed by atoms with Crippen LogP contribution in [0.25, 0.3) is 0 Å². The van der Waals surface area contributed by atoms with E-state index in [2.05, 4.69) is 50.1 Å². The van der Waals surface area contributed by atoms with Crippen molar-refractivity contribution in [1.82, 2.24) is 9.78 Å². The molecular formula is C16H23N3OS. The predicted octanol–water partition coefficient (Wildman–Crippen LogP) is 3.57. The summed E-state index contributed by atoms with van der Waals surface area (Å²) in [6.07, 6.45) is 1.74. The Labute approximate surface area is 130 Å². The molecule has 0 saturated heterocycles. The Hall–Kier alpha value is -1.46. The Morgan fingerprint density at radius 2 is 1.95 bits per heavy atom. The van der Waals surface area contributed by atoms with E-state index in [1.165, 1.54) is 10.5 Å². The van der Waals surface area contributed by atoms with Gasteiger partial charge in [0.2, 0.25) is 0 Å². The highest BCUT2D eigenvalue weighted by Crippen LogP contribution is 2.30. The number of aryl methyl sites for hydroxylation is 1. The van der Waals surface area contributed by atoms with Gasteiger partial charge in [-0.05, 0) is 32.9 Å². The Morgan fingerprint density at radius 1 is 1.29 bits per heavy atom. The largest absolute Gasteiger partial charge is 0.493 e. The quantitative estimate of drug-likeness (QED) is 0.829. The summed E-state index contributed by atoms with van der Waals surface area (Å²) < 4.78 is 7.34. The summed E-state index contributed by atoms with van der Waals surface area (Å²) in [5.74, 6) is 1.55. The van der Waals surface area contributed by atoms with Crippen molar-refractivity contribution in [3.8, 4) is 5.75 Å². The molecule has 114 valence electrons. The van der Waals surface area contributed by atoms with Crippen LogP contribution in [0.1, 0.15) is 37.2 Å². The van der Waals surface area contributed by atoms with Gasteiger partial charge in [-0.25, -0.2) is 0 Å². The minimum Gasteiger partial charge on any atom is -0.493 e. The first-order valence-corrected chi connectivity index (χ1v) is 8.08. The number of thioether (sulfide) groups is 1. The third-order valence-electron chi connectivity index (χ3n) is 3.31. The molecule has 0 aliphatic heterocycles. The zero-order chi connectivity index (χ0) is 15.4. The number of nitrogens with two attached hydrogens (primary N) is 1. The van der Waals surface area contributed by atoms with Gasteiger partial charge in [0.05, 0.1) is 25.0 Å². The highest BCUT2D eigenvalue weighted by Gasteiger charge is 2.20. The van der Waals surface area contributed by atoms with Gasteiger partial charge in [0, 0.05) is 16.7 Å². The van der Waals surface area contributed by atoms with Gasteiger partial charge >= 0.3 is 0 Å². The van der Waals surface area contributed by atoms with Gasteiger partial charge in [-0.15, -0.1) is 11.8 Å². The maximum Gasteiger partial charge on any atom is 0.161 e. The van der Waals surface area contributed by atoms with E-state index in [9.17, 15) is 0 Å². The van der Waals surface area contributed by atoms with Gasteiger partial charge in [-0.3, -0.25) is 4.68 Å². The standard InChI is InChI=1S/C16H23N3OS/c1-11(2)19-16(15(20-4)9-18-19)14(17)10-21-13-7-5-12(3)6-8-13/h5-9,11,14H,10,17H2,1-4H3. The van der Waals surface area contributed by atoms with Crippen LogP contribution in [0, 0.1) is 6.92 Å². The van der Waals surface area contributed by atoms with E-state index in [0.717, 1.165) is 17.2 Å². The number of rotatable bonds is 6. The van der Waals surface area contributed by atoms with Gasteiger partial charge in [-0.2, -0.15) is 5.10 Å². The number of hydrogen-bond acceptors (Lipinski definition) is 4. The summed E-state index contributed by atoms with van der Waals surface area (Å²) in [5.41, 5.74) is 8.60. The van der Waals surface area contributed by atoms with Crippen molar-refractivity contribution in [2.45, 2.75) is 37.8 Å². The molecule has 5 heteroatoms. The molecule has 0 aliphatic rings. The summed E-state index contributed by atoms with van der Waals surface area (Å²) in [6, 6.07) is 8.64. The summed E-state index contributed by atoms with van der Waals surface area (Å²) in [6.45, 7) is 6.28. The van der Waals surface area contributed by atoms with Gasteiger partial charge in [0.1, 0.15) is 0 Å². The molecule has 0 spiro atoms. The van der Waals surface area contributed by atoms with Crippen molar-refractivity contribution in [1.29, 1.82) is 0 Å². The first-order valence-electron chi connectivity index (χ1n) is 7.09. The Morgan fingerprint density at radius 3 is 2.52 bits per heavy atom. The average molecular weight is 305 g/mol. The fourth-order valence-electron chi connectivity index (χ4n) is 2.18. The molecule has 0 fully saturated rings. The van der Waals surface area contributed by atoms with Crippen molar-refractivity contribution in [2.24, 2.45) is 5.73 Å². The van der Waals surface area contributed by atoms with E-state index in [-0.39, 0.29) is 12.1 Å². The van der Waals surface area contributed by atoms with Crippen LogP contribution in [0.3, 0.4) is 0 Å². The molecule has 2 N–H and O–H groups in total. The summed E-state index contributed by atoms with van der Waals surface area (Å²) >= 11 is 1.75. The summed E-state index contributed by atoms with van der Waals surface area (Å²) in [7, 11) is 1.66. The fraction of sp³-hybridized carbons (Fsp3) is 0.438. The number of aromatic nitrogens is 2. The summed E-state index contributed by atoms with van der Waals surface area (Å²) in [4.78, 5) is 1.23. The lowest BCUT2D eigenvalue weighted by atomic mass is 10.2. The van der Waals surface area contributed by atoms with Crippen molar-refractivity contribution < 1.29 is 4.74 Å². The van der Waals surface area contributed by atoms with E-state index in [1.807, 2.05) is 4.68 Å². The lowest BCUT2D eigenvalue weighted by molar-refractivity contribution is 0.399. The third kappa shape index (κ3) is 3.80. The van der Waals surface area contributed by atoms with E-state index in [0.29, 0.717) is 0 Å². The van der Waals surface area contributed by atoms with Crippen LogP contribution in [0.4, 0.5) is 0 Å².